The average Bonchev–Trinajstić information content (AvgIpc) is 1.62. The number of hydrazine groups is 3. The number of aliphatic hydroxyl groups is 1. The number of carbonyl (C=O) groups excluding carboxylic acids is 11. The summed E-state index contributed by atoms with van der Waals surface area (Å²) < 4.78 is 5.67. The van der Waals surface area contributed by atoms with E-state index >= 15 is 0 Å². The van der Waals surface area contributed by atoms with Crippen molar-refractivity contribution in [1.82, 2.24) is 82.0 Å². The SMILES string of the molecule is CCN1C(=O)C(NC)C=C(c2ccccc2)c2ccccc21.CCN1C(=O)C(NC)CN(C(=O)CO)c2ccccc21.CNC1CCC(=O)N(C)N(C(C)C)C1=O.CNC1CCC(=O)N(C)N(C(C)C)C1=O.CNC1CCC(=O)N2CC[C@@H](C)N2C1=O.CNC1CN(C)CCN(C(C)C)C1=O.CNC1Cc2ccccc2C2COC[C@@H](C)N2C1=O. The van der Waals surface area contributed by atoms with Crippen molar-refractivity contribution < 1.29 is 62.6 Å². The zero-order chi connectivity index (χ0) is 88.5. The summed E-state index contributed by atoms with van der Waals surface area (Å²) in [4.78, 5) is 144. The lowest BCUT2D eigenvalue weighted by atomic mass is 9.95. The van der Waals surface area contributed by atoms with E-state index in [1.807, 2.05) is 157 Å². The van der Waals surface area contributed by atoms with Gasteiger partial charge in [-0.05, 0) is 204 Å². The number of fused-ring (bicyclic) bond motifs is 6. The van der Waals surface area contributed by atoms with Gasteiger partial charge in [0.25, 0.3) is 23.6 Å². The molecule has 9 heterocycles. The number of para-hydroxylation sites is 3. The number of benzene rings is 4. The molecule has 6 saturated heterocycles. The first kappa shape index (κ1) is 97.5. The summed E-state index contributed by atoms with van der Waals surface area (Å²) >= 11 is 0. The van der Waals surface area contributed by atoms with Crippen LogP contribution in [0.3, 0.4) is 0 Å². The van der Waals surface area contributed by atoms with Crippen LogP contribution in [0.2, 0.25) is 0 Å². The molecule has 4 aromatic carbocycles. The summed E-state index contributed by atoms with van der Waals surface area (Å²) in [7, 11) is 17.8. The Labute approximate surface area is 710 Å². The number of nitrogens with one attached hydrogen (secondary N) is 7. The topological polar surface area (TPSA) is 340 Å². The summed E-state index contributed by atoms with van der Waals surface area (Å²) in [6.45, 7) is 25.0. The Hall–Kier alpha value is -9.61. The van der Waals surface area contributed by atoms with Gasteiger partial charge in [-0.2, -0.15) is 0 Å². The van der Waals surface area contributed by atoms with Crippen LogP contribution in [0, 0.1) is 0 Å². The molecule has 660 valence electrons. The fourth-order valence-electron chi connectivity index (χ4n) is 16.4. The molecule has 8 N–H and O–H groups in total. The molecule has 0 radical (unpaired) electrons. The van der Waals surface area contributed by atoms with Gasteiger partial charge in [0.15, 0.2) is 0 Å². The van der Waals surface area contributed by atoms with Crippen LogP contribution in [0.1, 0.15) is 142 Å². The molecule has 9 aliphatic heterocycles. The summed E-state index contributed by atoms with van der Waals surface area (Å²) in [6, 6.07) is 32.9. The number of hydrogen-bond donors (Lipinski definition) is 8. The molecule has 4 aromatic rings. The minimum atomic E-state index is -0.578. The second kappa shape index (κ2) is 46.4. The highest BCUT2D eigenvalue weighted by Crippen LogP contribution is 2.38. The molecule has 32 heteroatoms. The number of anilines is 3. The predicted octanol–water partition coefficient (Wildman–Crippen LogP) is 3.60. The van der Waals surface area contributed by atoms with Gasteiger partial charge in [-0.1, -0.05) is 84.9 Å². The van der Waals surface area contributed by atoms with Gasteiger partial charge >= 0.3 is 0 Å². The average molecular weight is 1670 g/mol. The molecule has 9 aliphatic rings. The van der Waals surface area contributed by atoms with Crippen LogP contribution in [0.5, 0.6) is 0 Å². The van der Waals surface area contributed by atoms with Crippen LogP contribution < -0.4 is 51.9 Å². The van der Waals surface area contributed by atoms with E-state index in [9.17, 15) is 52.7 Å². The van der Waals surface area contributed by atoms with Crippen molar-refractivity contribution >= 4 is 87.6 Å². The lowest BCUT2D eigenvalue weighted by Gasteiger charge is -2.41. The molecule has 10 atom stereocenters. The molecule has 0 bridgehead atoms. The van der Waals surface area contributed by atoms with Gasteiger partial charge in [-0.3, -0.25) is 67.8 Å². The number of carbonyl (C=O) groups is 11. The third-order valence-electron chi connectivity index (χ3n) is 23.1. The minimum absolute atomic E-state index is 0.000370. The molecular weight excluding hydrogens is 1530 g/mol. The van der Waals surface area contributed by atoms with Crippen LogP contribution in [0.15, 0.2) is 109 Å². The first-order chi connectivity index (χ1) is 57.3. The Morgan fingerprint density at radius 2 is 0.967 bits per heavy atom. The van der Waals surface area contributed by atoms with Crippen molar-refractivity contribution in [2.45, 2.75) is 199 Å². The Kier molecular flexibility index (Phi) is 37.7. The molecule has 13 rings (SSSR count). The molecule has 6 fully saturated rings. The quantitative estimate of drug-likeness (QED) is 0.0894. The summed E-state index contributed by atoms with van der Waals surface area (Å²) in [5, 5.41) is 39.5. The van der Waals surface area contributed by atoms with E-state index in [-0.39, 0.29) is 132 Å². The lowest BCUT2D eigenvalue weighted by Crippen LogP contribution is -2.53. The molecule has 0 aliphatic carbocycles. The van der Waals surface area contributed by atoms with Crippen LogP contribution >= 0.6 is 0 Å². The normalized spacial score (nSPS) is 24.1. The maximum Gasteiger partial charge on any atom is 0.258 e. The minimum Gasteiger partial charge on any atom is -0.387 e. The highest BCUT2D eigenvalue weighted by molar-refractivity contribution is 6.08. The number of rotatable bonds is 14. The van der Waals surface area contributed by atoms with Crippen molar-refractivity contribution in [1.29, 1.82) is 0 Å². The van der Waals surface area contributed by atoms with Gasteiger partial charge in [0.05, 0.1) is 85.2 Å². The molecule has 0 aromatic heterocycles. The largest absolute Gasteiger partial charge is 0.387 e. The van der Waals surface area contributed by atoms with E-state index in [1.54, 1.807) is 63.3 Å². The van der Waals surface area contributed by atoms with E-state index in [0.717, 1.165) is 54.9 Å². The fraction of sp³-hybridized carbons (Fsp3) is 0.580. The number of hydrogen-bond acceptors (Lipinski definition) is 21. The van der Waals surface area contributed by atoms with Crippen LogP contribution in [-0.4, -0.2) is 323 Å². The maximum atomic E-state index is 12.8. The van der Waals surface area contributed by atoms with E-state index in [4.69, 9.17) is 9.84 Å². The number of morpholine rings is 1. The lowest BCUT2D eigenvalue weighted by molar-refractivity contribution is -0.162. The Morgan fingerprint density at radius 1 is 0.475 bits per heavy atom. The molecular formula is C88H135N19O13. The van der Waals surface area contributed by atoms with Gasteiger partial charge < -0.3 is 76.5 Å². The highest BCUT2D eigenvalue weighted by Gasteiger charge is 2.44. The summed E-state index contributed by atoms with van der Waals surface area (Å²) in [5.74, 6) is 0.0685. The molecule has 0 saturated carbocycles. The van der Waals surface area contributed by atoms with Gasteiger partial charge in [0, 0.05) is 96.3 Å². The monoisotopic (exact) mass is 1670 g/mol. The number of ether oxygens (including phenoxy) is 1. The van der Waals surface area contributed by atoms with Crippen LogP contribution in [0.25, 0.3) is 5.57 Å². The molecule has 11 amide bonds. The van der Waals surface area contributed by atoms with E-state index in [1.165, 1.54) is 36.1 Å². The van der Waals surface area contributed by atoms with Crippen LogP contribution in [-0.2, 0) is 63.9 Å². The predicted molar refractivity (Wildman–Crippen MR) is 466 cm³/mol. The van der Waals surface area contributed by atoms with Crippen molar-refractivity contribution in [3.63, 3.8) is 0 Å². The highest BCUT2D eigenvalue weighted by atomic mass is 16.5. The third kappa shape index (κ3) is 23.5. The molecule has 0 spiro atoms. The van der Waals surface area contributed by atoms with Gasteiger partial charge in [-0.25, -0.2) is 15.0 Å². The van der Waals surface area contributed by atoms with Gasteiger partial charge in [0.1, 0.15) is 18.7 Å². The molecule has 8 unspecified atom stereocenters. The third-order valence-corrected chi connectivity index (χ3v) is 23.1. The van der Waals surface area contributed by atoms with E-state index < -0.39 is 18.6 Å². The number of likely N-dealkylation sites (N-methyl/N-ethyl adjacent to an activating group) is 10. The smallest absolute Gasteiger partial charge is 0.258 e. The van der Waals surface area contributed by atoms with Crippen molar-refractivity contribution in [2.75, 3.05) is 151 Å². The zero-order valence-corrected chi connectivity index (χ0v) is 74.3. The number of aliphatic hydroxyl groups excluding tert-OH is 1. The zero-order valence-electron chi connectivity index (χ0n) is 74.3. The van der Waals surface area contributed by atoms with Crippen molar-refractivity contribution in [2.24, 2.45) is 0 Å². The molecule has 120 heavy (non-hydrogen) atoms. The van der Waals surface area contributed by atoms with Gasteiger partial charge in [0.2, 0.25) is 41.4 Å². The second-order valence-corrected chi connectivity index (χ2v) is 31.9. The molecule has 32 nitrogen and oxygen atoms in total. The first-order valence-electron chi connectivity index (χ1n) is 42.3. The van der Waals surface area contributed by atoms with Crippen molar-refractivity contribution in [3.05, 3.63) is 131 Å². The standard InChI is InChI=1S/C19H20N2O.C15H20N2O2.C14H19N3O3.C10H17N3O2.2C10H19N3O2.C10H21N3O/c1-3-21-18-12-8-7-11-15(18)16(13-17(20-2)19(21)22)14-9-5-4-6-10-14;1-10-8-19-9-14-12-6-4-3-5-11(12)7-13(16-2)15(18)17(10)14;1-3-16-11-6-4-5-7-12(11)17(13(19)9-18)8-10(15-2)14(16)20;1-7-5-6-12-9(14)4-3-8(11-2)10(15)13(7)12;2*1-7(2)13-10(15)8(11-3)5-6-9(14)12(13)4;1-8(2)13-6-5-12(4)7-9(11-3)10(13)14/h4-13,17,20H,3H2,1-2H3;3-6,10,13-14,16H,7-9H2,1-2H3;4-7,10,15,18H,3,8-9H2,1-2H3;7-8,11H,3-6H2,1-2H3;2*7-8,11H,5-6H2,1-4H3;8-9,11H,5-7H2,1-4H3/t;10-,13?,14?;;7-,8?;;;/m.1.1.../s1. The Balaban J connectivity index is 0.000000194. The maximum absolute atomic E-state index is 12.8. The summed E-state index contributed by atoms with van der Waals surface area (Å²) in [6.07, 6.45) is 6.71. The second-order valence-electron chi connectivity index (χ2n) is 31.9. The fourth-order valence-corrected chi connectivity index (χ4v) is 16.4. The van der Waals surface area contributed by atoms with Gasteiger partial charge in [-0.15, -0.1) is 0 Å². The Bertz CT molecular complexity index is 4070. The van der Waals surface area contributed by atoms with E-state index in [0.29, 0.717) is 88.8 Å². The number of nitrogens with zero attached hydrogens (tertiary/aromatic N) is 12. The van der Waals surface area contributed by atoms with E-state index in [2.05, 4.69) is 100 Å². The Morgan fingerprint density at radius 3 is 1.49 bits per heavy atom. The van der Waals surface area contributed by atoms with Crippen molar-refractivity contribution in [3.8, 4) is 0 Å². The first-order valence-corrected chi connectivity index (χ1v) is 42.3. The summed E-state index contributed by atoms with van der Waals surface area (Å²) in [5.41, 5.74) is 8.13. The number of amides is 11. The van der Waals surface area contributed by atoms with Crippen LogP contribution in [0.4, 0.5) is 17.1 Å².